The third kappa shape index (κ3) is 4.48. The number of hydrazine groups is 1. The van der Waals surface area contributed by atoms with Crippen LogP contribution in [0, 0.1) is 23.3 Å². The van der Waals surface area contributed by atoms with Crippen LogP contribution in [0.2, 0.25) is 0 Å². The summed E-state index contributed by atoms with van der Waals surface area (Å²) in [5.41, 5.74) is 3.98. The molecule has 0 unspecified atom stereocenters. The van der Waals surface area contributed by atoms with Crippen LogP contribution in [0.3, 0.4) is 0 Å². The van der Waals surface area contributed by atoms with Gasteiger partial charge in [-0.1, -0.05) is 12.1 Å². The van der Waals surface area contributed by atoms with E-state index in [0.717, 1.165) is 18.2 Å². The van der Waals surface area contributed by atoms with Gasteiger partial charge in [0.25, 0.3) is 5.91 Å². The van der Waals surface area contributed by atoms with Crippen LogP contribution >= 0.6 is 0 Å². The van der Waals surface area contributed by atoms with Crippen LogP contribution in [-0.2, 0) is 4.74 Å². The van der Waals surface area contributed by atoms with Gasteiger partial charge < -0.3 is 14.4 Å². The third-order valence-corrected chi connectivity index (χ3v) is 6.77. The number of amides is 1. The maximum Gasteiger partial charge on any atom is 0.273 e. The van der Waals surface area contributed by atoms with E-state index in [9.17, 15) is 18.0 Å². The number of para-hydroxylation sites is 2. The van der Waals surface area contributed by atoms with Crippen LogP contribution in [0.25, 0.3) is 22.0 Å². The average Bonchev–Trinajstić information content (AvgIpc) is 2.95. The summed E-state index contributed by atoms with van der Waals surface area (Å²) in [7, 11) is 0. The minimum Gasteiger partial charge on any atom is -0.489 e. The largest absolute Gasteiger partial charge is 0.489 e. The third-order valence-electron chi connectivity index (χ3n) is 6.77. The summed E-state index contributed by atoms with van der Waals surface area (Å²) in [6, 6.07) is 11.4. The molecule has 0 saturated carbocycles. The fraction of sp³-hybridized carbons (Fsp3) is 0.214. The van der Waals surface area contributed by atoms with Crippen molar-refractivity contribution < 1.29 is 31.8 Å². The number of carbonyl (C=O) groups excluding carboxylic acids is 1. The number of hydrogen-bond donors (Lipinski definition) is 1. The standard InChI is InChI=1S/C28H22F4N4O3/c29-19-6-5-17-26(24(19)16-13-20(30)25(32)21(31)14-16)33-15-18(27(17)35-7-10-38-11-8-35)28(37)34-36-9-12-39-23-4-2-1-3-22(23)36/h1-6,13-15H,7-12H2,(H,34,37). The molecule has 1 saturated heterocycles. The van der Waals surface area contributed by atoms with Crippen molar-refractivity contribution in [2.24, 2.45) is 0 Å². The fourth-order valence-corrected chi connectivity index (χ4v) is 4.96. The fourth-order valence-electron chi connectivity index (χ4n) is 4.96. The summed E-state index contributed by atoms with van der Waals surface area (Å²) in [5.74, 6) is -5.16. The van der Waals surface area contributed by atoms with Crippen LogP contribution in [0.5, 0.6) is 5.75 Å². The van der Waals surface area contributed by atoms with Gasteiger partial charge in [-0.15, -0.1) is 0 Å². The van der Waals surface area contributed by atoms with Gasteiger partial charge in [0.1, 0.15) is 18.2 Å². The topological polar surface area (TPSA) is 66.9 Å². The van der Waals surface area contributed by atoms with E-state index in [2.05, 4.69) is 10.4 Å². The lowest BCUT2D eigenvalue weighted by molar-refractivity contribution is 0.0943. The number of ether oxygens (including phenoxy) is 2. The van der Waals surface area contributed by atoms with Gasteiger partial charge in [0.2, 0.25) is 0 Å². The Morgan fingerprint density at radius 2 is 1.64 bits per heavy atom. The Morgan fingerprint density at radius 1 is 0.897 bits per heavy atom. The van der Waals surface area contributed by atoms with E-state index in [1.165, 1.54) is 12.3 Å². The van der Waals surface area contributed by atoms with E-state index in [-0.39, 0.29) is 22.2 Å². The molecule has 2 aliphatic heterocycles. The van der Waals surface area contributed by atoms with Gasteiger partial charge in [0.05, 0.1) is 42.2 Å². The molecule has 3 heterocycles. The van der Waals surface area contributed by atoms with E-state index in [1.807, 2.05) is 29.2 Å². The molecule has 39 heavy (non-hydrogen) atoms. The predicted molar refractivity (Wildman–Crippen MR) is 137 cm³/mol. The van der Waals surface area contributed by atoms with Crippen LogP contribution < -0.4 is 20.1 Å². The maximum atomic E-state index is 15.1. The van der Waals surface area contributed by atoms with Crippen molar-refractivity contribution in [3.63, 3.8) is 0 Å². The van der Waals surface area contributed by atoms with Gasteiger partial charge in [-0.2, -0.15) is 0 Å². The first-order valence-electron chi connectivity index (χ1n) is 12.3. The van der Waals surface area contributed by atoms with Crippen molar-refractivity contribution in [2.45, 2.75) is 0 Å². The highest BCUT2D eigenvalue weighted by Crippen LogP contribution is 2.38. The second kappa shape index (κ2) is 10.1. The normalized spacial score (nSPS) is 15.2. The van der Waals surface area contributed by atoms with Gasteiger partial charge in [0.15, 0.2) is 17.5 Å². The summed E-state index contributed by atoms with van der Waals surface area (Å²) in [6.07, 6.45) is 1.31. The monoisotopic (exact) mass is 538 g/mol. The smallest absolute Gasteiger partial charge is 0.273 e. The maximum absolute atomic E-state index is 15.1. The predicted octanol–water partition coefficient (Wildman–Crippen LogP) is 4.84. The van der Waals surface area contributed by atoms with E-state index in [1.54, 1.807) is 5.01 Å². The number of morpholine rings is 1. The summed E-state index contributed by atoms with van der Waals surface area (Å²) in [6.45, 7) is 2.50. The van der Waals surface area contributed by atoms with Crippen LogP contribution in [0.1, 0.15) is 10.4 Å². The van der Waals surface area contributed by atoms with E-state index >= 15 is 4.39 Å². The van der Waals surface area contributed by atoms with Crippen molar-refractivity contribution in [3.8, 4) is 16.9 Å². The Morgan fingerprint density at radius 3 is 2.41 bits per heavy atom. The van der Waals surface area contributed by atoms with Crippen molar-refractivity contribution >= 4 is 28.2 Å². The van der Waals surface area contributed by atoms with E-state index < -0.39 is 29.2 Å². The van der Waals surface area contributed by atoms with Crippen LogP contribution in [-0.4, -0.2) is 50.3 Å². The Balaban J connectivity index is 1.48. The first-order valence-corrected chi connectivity index (χ1v) is 12.3. The highest BCUT2D eigenvalue weighted by molar-refractivity contribution is 6.10. The van der Waals surface area contributed by atoms with Crippen molar-refractivity contribution in [3.05, 3.63) is 83.6 Å². The molecule has 0 bridgehead atoms. The second-order valence-corrected chi connectivity index (χ2v) is 9.10. The zero-order valence-electron chi connectivity index (χ0n) is 20.5. The molecule has 1 aromatic heterocycles. The second-order valence-electron chi connectivity index (χ2n) is 9.10. The molecule has 1 fully saturated rings. The summed E-state index contributed by atoms with van der Waals surface area (Å²) in [5, 5.41) is 2.09. The molecule has 0 aliphatic carbocycles. The molecule has 4 aromatic rings. The molecule has 7 nitrogen and oxygen atoms in total. The molecule has 0 spiro atoms. The van der Waals surface area contributed by atoms with E-state index in [4.69, 9.17) is 9.47 Å². The SMILES string of the molecule is O=C(NN1CCOc2ccccc21)c1cnc2c(-c3cc(F)c(F)c(F)c3)c(F)ccc2c1N1CCOCC1. The summed E-state index contributed by atoms with van der Waals surface area (Å²) < 4.78 is 68.1. The lowest BCUT2D eigenvalue weighted by atomic mass is 9.98. The molecule has 2 aliphatic rings. The van der Waals surface area contributed by atoms with Gasteiger partial charge in [0, 0.05) is 30.2 Å². The van der Waals surface area contributed by atoms with Gasteiger partial charge >= 0.3 is 0 Å². The van der Waals surface area contributed by atoms with Gasteiger partial charge in [-0.3, -0.25) is 20.2 Å². The number of halogens is 4. The molecule has 11 heteroatoms. The van der Waals surface area contributed by atoms with Gasteiger partial charge in [-0.05, 0) is 42.0 Å². The Kier molecular flexibility index (Phi) is 6.43. The minimum atomic E-state index is -1.65. The Hall–Kier alpha value is -4.38. The molecule has 6 rings (SSSR count). The number of anilines is 2. The number of fused-ring (bicyclic) bond motifs is 2. The lowest BCUT2D eigenvalue weighted by Crippen LogP contribution is -2.47. The highest BCUT2D eigenvalue weighted by Gasteiger charge is 2.27. The zero-order chi connectivity index (χ0) is 27.1. The average molecular weight is 539 g/mol. The molecule has 3 aromatic carbocycles. The number of rotatable bonds is 4. The quantitative estimate of drug-likeness (QED) is 0.297. The minimum absolute atomic E-state index is 0.0789. The summed E-state index contributed by atoms with van der Waals surface area (Å²) >= 11 is 0. The van der Waals surface area contributed by atoms with Gasteiger partial charge in [-0.25, -0.2) is 17.6 Å². The van der Waals surface area contributed by atoms with Crippen molar-refractivity contribution in [1.82, 2.24) is 10.4 Å². The number of hydrogen-bond acceptors (Lipinski definition) is 6. The number of benzene rings is 3. The summed E-state index contributed by atoms with van der Waals surface area (Å²) in [4.78, 5) is 20.0. The first-order chi connectivity index (χ1) is 18.9. The number of nitrogens with zero attached hydrogens (tertiary/aromatic N) is 3. The number of carbonyl (C=O) groups is 1. The van der Waals surface area contributed by atoms with Crippen molar-refractivity contribution in [1.29, 1.82) is 0 Å². The number of nitrogens with one attached hydrogen (secondary N) is 1. The molecule has 1 amide bonds. The van der Waals surface area contributed by atoms with Crippen LogP contribution in [0.4, 0.5) is 28.9 Å². The Bertz CT molecular complexity index is 1570. The van der Waals surface area contributed by atoms with Crippen molar-refractivity contribution in [2.75, 3.05) is 49.4 Å². The zero-order valence-corrected chi connectivity index (χ0v) is 20.5. The molecular weight excluding hydrogens is 516 g/mol. The highest BCUT2D eigenvalue weighted by atomic mass is 19.2. The molecule has 0 radical (unpaired) electrons. The number of pyridine rings is 1. The Labute approximate surface area is 220 Å². The molecular formula is C28H22F4N4O3. The first kappa shape index (κ1) is 24.9. The molecule has 0 atom stereocenters. The lowest BCUT2D eigenvalue weighted by Gasteiger charge is -2.33. The molecule has 200 valence electrons. The number of aromatic nitrogens is 1. The van der Waals surface area contributed by atoms with Crippen LogP contribution in [0.15, 0.2) is 54.7 Å². The van der Waals surface area contributed by atoms with E-state index in [0.29, 0.717) is 62.0 Å². The molecule has 1 N–H and O–H groups in total.